The standard InChI is InChI=1S/C15H16O2S/c1-11-4-8-15(9-5-11)18(16)17-14-7-6-12(2)13(3)10-14/h4-10H,1-3H3. The Hall–Kier alpha value is -1.61. The minimum absolute atomic E-state index is 0.636. The predicted octanol–water partition coefficient (Wildman–Crippen LogP) is 3.71. The van der Waals surface area contributed by atoms with Crippen LogP contribution in [0.2, 0.25) is 0 Å². The summed E-state index contributed by atoms with van der Waals surface area (Å²) in [6, 6.07) is 13.2. The molecule has 2 rings (SSSR count). The van der Waals surface area contributed by atoms with Crippen LogP contribution in [-0.4, -0.2) is 4.21 Å². The van der Waals surface area contributed by atoms with Crippen LogP contribution in [0, 0.1) is 20.8 Å². The van der Waals surface area contributed by atoms with Crippen molar-refractivity contribution in [2.24, 2.45) is 0 Å². The second-order valence-corrected chi connectivity index (χ2v) is 5.48. The van der Waals surface area contributed by atoms with E-state index in [-0.39, 0.29) is 0 Å². The number of hydrogen-bond acceptors (Lipinski definition) is 2. The SMILES string of the molecule is Cc1ccc(S(=O)Oc2ccc(C)c(C)c2)cc1. The van der Waals surface area contributed by atoms with Crippen LogP contribution in [-0.2, 0) is 11.1 Å². The van der Waals surface area contributed by atoms with Gasteiger partial charge in [-0.05, 0) is 56.2 Å². The van der Waals surface area contributed by atoms with E-state index in [0.29, 0.717) is 10.6 Å². The monoisotopic (exact) mass is 260 g/mol. The summed E-state index contributed by atoms with van der Waals surface area (Å²) in [5.74, 6) is 0.636. The first-order valence-corrected chi connectivity index (χ1v) is 6.88. The molecule has 0 aromatic heterocycles. The molecule has 2 nitrogen and oxygen atoms in total. The van der Waals surface area contributed by atoms with Crippen LogP contribution in [0.25, 0.3) is 0 Å². The summed E-state index contributed by atoms with van der Waals surface area (Å²) in [7, 11) is 0. The van der Waals surface area contributed by atoms with Crippen molar-refractivity contribution >= 4 is 11.1 Å². The summed E-state index contributed by atoms with van der Waals surface area (Å²) < 4.78 is 17.5. The third-order valence-electron chi connectivity index (χ3n) is 2.86. The third kappa shape index (κ3) is 2.99. The van der Waals surface area contributed by atoms with Gasteiger partial charge in [0.05, 0.1) is 4.90 Å². The van der Waals surface area contributed by atoms with Crippen LogP contribution in [0.1, 0.15) is 16.7 Å². The van der Waals surface area contributed by atoms with Gasteiger partial charge in [-0.3, -0.25) is 0 Å². The molecule has 2 aromatic rings. The Labute approximate surface area is 110 Å². The number of hydrogen-bond donors (Lipinski definition) is 0. The van der Waals surface area contributed by atoms with Crippen LogP contribution in [0.5, 0.6) is 5.75 Å². The average molecular weight is 260 g/mol. The maximum Gasteiger partial charge on any atom is 0.240 e. The van der Waals surface area contributed by atoms with Gasteiger partial charge >= 0.3 is 0 Å². The first-order valence-electron chi connectivity index (χ1n) is 5.80. The molecule has 3 heteroatoms. The summed E-state index contributed by atoms with van der Waals surface area (Å²) in [6.45, 7) is 6.05. The maximum atomic E-state index is 12.0. The molecule has 0 aliphatic heterocycles. The van der Waals surface area contributed by atoms with Crippen molar-refractivity contribution < 1.29 is 8.39 Å². The topological polar surface area (TPSA) is 26.3 Å². The molecule has 0 fully saturated rings. The van der Waals surface area contributed by atoms with Crippen molar-refractivity contribution in [3.05, 3.63) is 59.2 Å². The molecular weight excluding hydrogens is 244 g/mol. The van der Waals surface area contributed by atoms with Crippen molar-refractivity contribution in [1.82, 2.24) is 0 Å². The van der Waals surface area contributed by atoms with E-state index >= 15 is 0 Å². The molecule has 0 N–H and O–H groups in total. The Morgan fingerprint density at radius 3 is 2.17 bits per heavy atom. The van der Waals surface area contributed by atoms with Crippen LogP contribution >= 0.6 is 0 Å². The van der Waals surface area contributed by atoms with Crippen molar-refractivity contribution in [2.75, 3.05) is 0 Å². The number of aryl methyl sites for hydroxylation is 3. The average Bonchev–Trinajstić information content (AvgIpc) is 2.34. The molecule has 94 valence electrons. The minimum Gasteiger partial charge on any atom is -0.397 e. The van der Waals surface area contributed by atoms with Crippen LogP contribution in [0.15, 0.2) is 47.4 Å². The van der Waals surface area contributed by atoms with Gasteiger partial charge < -0.3 is 4.18 Å². The Kier molecular flexibility index (Phi) is 3.82. The lowest BCUT2D eigenvalue weighted by molar-refractivity contribution is 0.561. The van der Waals surface area contributed by atoms with Gasteiger partial charge in [0.25, 0.3) is 0 Å². The highest BCUT2D eigenvalue weighted by molar-refractivity contribution is 7.80. The highest BCUT2D eigenvalue weighted by atomic mass is 32.2. The quantitative estimate of drug-likeness (QED) is 0.841. The van der Waals surface area contributed by atoms with E-state index < -0.39 is 11.1 Å². The Morgan fingerprint density at radius 2 is 1.56 bits per heavy atom. The molecule has 0 spiro atoms. The molecule has 0 aliphatic carbocycles. The van der Waals surface area contributed by atoms with Crippen LogP contribution < -0.4 is 4.18 Å². The molecule has 2 aromatic carbocycles. The molecule has 1 unspecified atom stereocenters. The summed E-state index contributed by atoms with van der Waals surface area (Å²) in [4.78, 5) is 0.679. The van der Waals surface area contributed by atoms with Crippen molar-refractivity contribution in [1.29, 1.82) is 0 Å². The molecular formula is C15H16O2S. The fourth-order valence-corrected chi connectivity index (χ4v) is 2.28. The van der Waals surface area contributed by atoms with Crippen LogP contribution in [0.4, 0.5) is 0 Å². The molecule has 0 saturated carbocycles. The lowest BCUT2D eigenvalue weighted by Crippen LogP contribution is -2.01. The fourth-order valence-electron chi connectivity index (χ4n) is 1.55. The molecule has 0 aliphatic rings. The second kappa shape index (κ2) is 5.36. The van der Waals surface area contributed by atoms with E-state index in [1.54, 1.807) is 0 Å². The van der Waals surface area contributed by atoms with E-state index in [9.17, 15) is 4.21 Å². The molecule has 0 bridgehead atoms. The highest BCUT2D eigenvalue weighted by Crippen LogP contribution is 2.19. The Bertz CT molecular complexity index is 574. The van der Waals surface area contributed by atoms with Gasteiger partial charge in [0.15, 0.2) is 0 Å². The zero-order chi connectivity index (χ0) is 13.1. The van der Waals surface area contributed by atoms with E-state index in [1.165, 1.54) is 5.56 Å². The maximum absolute atomic E-state index is 12.0. The molecule has 0 radical (unpaired) electrons. The van der Waals surface area contributed by atoms with Gasteiger partial charge in [0.1, 0.15) is 5.75 Å². The van der Waals surface area contributed by atoms with Gasteiger partial charge in [-0.15, -0.1) is 0 Å². The van der Waals surface area contributed by atoms with Gasteiger partial charge in [-0.1, -0.05) is 23.8 Å². The lowest BCUT2D eigenvalue weighted by atomic mass is 10.1. The molecule has 0 saturated heterocycles. The molecule has 0 amide bonds. The van der Waals surface area contributed by atoms with E-state index in [0.717, 1.165) is 11.1 Å². The highest BCUT2D eigenvalue weighted by Gasteiger charge is 2.06. The molecule has 0 heterocycles. The predicted molar refractivity (Wildman–Crippen MR) is 74.1 cm³/mol. The smallest absolute Gasteiger partial charge is 0.240 e. The summed E-state index contributed by atoms with van der Waals surface area (Å²) in [5.41, 5.74) is 3.47. The van der Waals surface area contributed by atoms with E-state index in [2.05, 4.69) is 0 Å². The third-order valence-corrected chi connectivity index (χ3v) is 3.86. The van der Waals surface area contributed by atoms with Gasteiger partial charge in [0, 0.05) is 0 Å². The van der Waals surface area contributed by atoms with Gasteiger partial charge in [-0.25, -0.2) is 4.21 Å². The minimum atomic E-state index is -1.46. The zero-order valence-electron chi connectivity index (χ0n) is 10.8. The van der Waals surface area contributed by atoms with Crippen LogP contribution in [0.3, 0.4) is 0 Å². The second-order valence-electron chi connectivity index (χ2n) is 4.38. The van der Waals surface area contributed by atoms with Crippen molar-refractivity contribution in [3.8, 4) is 5.75 Å². The number of rotatable bonds is 3. The first kappa shape index (κ1) is 12.8. The lowest BCUT2D eigenvalue weighted by Gasteiger charge is -2.07. The summed E-state index contributed by atoms with van der Waals surface area (Å²) in [5, 5.41) is 0. The number of benzene rings is 2. The van der Waals surface area contributed by atoms with Crippen molar-refractivity contribution in [3.63, 3.8) is 0 Å². The summed E-state index contributed by atoms with van der Waals surface area (Å²) in [6.07, 6.45) is 0. The normalized spacial score (nSPS) is 12.2. The fraction of sp³-hybridized carbons (Fsp3) is 0.200. The van der Waals surface area contributed by atoms with Gasteiger partial charge in [-0.2, -0.15) is 0 Å². The molecule has 1 atom stereocenters. The van der Waals surface area contributed by atoms with Crippen molar-refractivity contribution in [2.45, 2.75) is 25.7 Å². The van der Waals surface area contributed by atoms with E-state index in [4.69, 9.17) is 4.18 Å². The van der Waals surface area contributed by atoms with E-state index in [1.807, 2.05) is 63.2 Å². The first-order chi connectivity index (χ1) is 8.56. The molecule has 18 heavy (non-hydrogen) atoms. The summed E-state index contributed by atoms with van der Waals surface area (Å²) >= 11 is -1.46. The Morgan fingerprint density at radius 1 is 0.889 bits per heavy atom. The Balaban J connectivity index is 2.16. The zero-order valence-corrected chi connectivity index (χ0v) is 11.6. The van der Waals surface area contributed by atoms with Gasteiger partial charge in [0.2, 0.25) is 11.1 Å². The largest absolute Gasteiger partial charge is 0.397 e.